The second kappa shape index (κ2) is 7.11. The fourth-order valence-corrected chi connectivity index (χ4v) is 2.61. The molecule has 3 nitrogen and oxygen atoms in total. The molecule has 120 valence electrons. The Kier molecular flexibility index (Phi) is 4.94. The molecule has 23 heavy (non-hydrogen) atoms. The van der Waals surface area contributed by atoms with Crippen LogP contribution < -0.4 is 10.6 Å². The van der Waals surface area contributed by atoms with Crippen molar-refractivity contribution < 1.29 is 9.18 Å². The first-order valence-electron chi connectivity index (χ1n) is 7.67. The number of hydrogen-bond acceptors (Lipinski definition) is 2. The van der Waals surface area contributed by atoms with Crippen molar-refractivity contribution in [2.75, 3.05) is 5.32 Å². The molecule has 1 fully saturated rings. The molecule has 1 aliphatic carbocycles. The summed E-state index contributed by atoms with van der Waals surface area (Å²) in [4.78, 5) is 11.8. The first-order chi connectivity index (χ1) is 11.1. The van der Waals surface area contributed by atoms with Crippen molar-refractivity contribution in [2.45, 2.75) is 25.9 Å². The van der Waals surface area contributed by atoms with Gasteiger partial charge < -0.3 is 10.6 Å². The Balaban J connectivity index is 1.56. The Morgan fingerprint density at radius 1 is 1.17 bits per heavy atom. The lowest BCUT2D eigenvalue weighted by atomic mass is 10.1. The van der Waals surface area contributed by atoms with Crippen molar-refractivity contribution in [2.24, 2.45) is 5.92 Å². The van der Waals surface area contributed by atoms with Crippen LogP contribution in [0.3, 0.4) is 0 Å². The third-order valence-electron chi connectivity index (χ3n) is 3.84. The molecule has 2 N–H and O–H groups in total. The molecule has 0 heterocycles. The fourth-order valence-electron chi connectivity index (χ4n) is 2.38. The van der Waals surface area contributed by atoms with Crippen molar-refractivity contribution in [3.8, 4) is 0 Å². The monoisotopic (exact) mass is 332 g/mol. The van der Waals surface area contributed by atoms with Gasteiger partial charge >= 0.3 is 0 Å². The summed E-state index contributed by atoms with van der Waals surface area (Å²) in [6, 6.07) is 12.3. The molecular formula is C18H18ClFN2O. The molecule has 0 radical (unpaired) electrons. The van der Waals surface area contributed by atoms with Crippen LogP contribution in [0.25, 0.3) is 0 Å². The summed E-state index contributed by atoms with van der Waals surface area (Å²) in [5.41, 5.74) is 2.28. The lowest BCUT2D eigenvalue weighted by molar-refractivity contribution is -0.117. The zero-order valence-corrected chi connectivity index (χ0v) is 13.4. The maximum atomic E-state index is 13.7. The van der Waals surface area contributed by atoms with E-state index < -0.39 is 0 Å². The summed E-state index contributed by atoms with van der Waals surface area (Å²) in [7, 11) is 0. The molecule has 0 unspecified atom stereocenters. The molecule has 1 amide bonds. The quantitative estimate of drug-likeness (QED) is 0.835. The minimum absolute atomic E-state index is 0.0910. The smallest absolute Gasteiger partial charge is 0.227 e. The molecule has 2 aromatic carbocycles. The van der Waals surface area contributed by atoms with E-state index >= 15 is 0 Å². The number of anilines is 1. The van der Waals surface area contributed by atoms with E-state index in [1.165, 1.54) is 6.07 Å². The van der Waals surface area contributed by atoms with Gasteiger partial charge in [0, 0.05) is 35.3 Å². The SMILES string of the molecule is O=C(Nc1cccc(CNCc2c(F)cccc2Cl)c1)C1CC1. The second-order valence-corrected chi connectivity index (χ2v) is 6.17. The minimum atomic E-state index is -0.310. The topological polar surface area (TPSA) is 41.1 Å². The summed E-state index contributed by atoms with van der Waals surface area (Å²) in [6.45, 7) is 0.919. The molecule has 1 saturated carbocycles. The zero-order chi connectivity index (χ0) is 16.2. The average molecular weight is 333 g/mol. The molecule has 3 rings (SSSR count). The number of nitrogens with one attached hydrogen (secondary N) is 2. The summed E-state index contributed by atoms with van der Waals surface area (Å²) >= 11 is 6.00. The maximum absolute atomic E-state index is 13.7. The molecule has 0 aliphatic heterocycles. The van der Waals surface area contributed by atoms with Gasteiger partial charge in [0.2, 0.25) is 5.91 Å². The zero-order valence-electron chi connectivity index (χ0n) is 12.6. The molecular weight excluding hydrogens is 315 g/mol. The molecule has 0 atom stereocenters. The second-order valence-electron chi connectivity index (χ2n) is 5.77. The first-order valence-corrected chi connectivity index (χ1v) is 8.04. The predicted octanol–water partition coefficient (Wildman–Crippen LogP) is 4.12. The molecule has 0 saturated heterocycles. The van der Waals surface area contributed by atoms with Gasteiger partial charge in [-0.1, -0.05) is 29.8 Å². The van der Waals surface area contributed by atoms with Crippen molar-refractivity contribution in [3.63, 3.8) is 0 Å². The third-order valence-corrected chi connectivity index (χ3v) is 4.19. The number of rotatable bonds is 6. The van der Waals surface area contributed by atoms with E-state index in [-0.39, 0.29) is 17.6 Å². The maximum Gasteiger partial charge on any atom is 0.227 e. The minimum Gasteiger partial charge on any atom is -0.326 e. The Bertz CT molecular complexity index is 696. The van der Waals surface area contributed by atoms with Crippen molar-refractivity contribution in [1.29, 1.82) is 0 Å². The van der Waals surface area contributed by atoms with E-state index in [0.29, 0.717) is 23.7 Å². The van der Waals surface area contributed by atoms with Gasteiger partial charge in [0.15, 0.2) is 0 Å². The fraction of sp³-hybridized carbons (Fsp3) is 0.278. The van der Waals surface area contributed by atoms with Crippen LogP contribution in [-0.2, 0) is 17.9 Å². The van der Waals surface area contributed by atoms with Crippen LogP contribution in [0.2, 0.25) is 5.02 Å². The summed E-state index contributed by atoms with van der Waals surface area (Å²) < 4.78 is 13.7. The van der Waals surface area contributed by atoms with Crippen LogP contribution in [0.5, 0.6) is 0 Å². The van der Waals surface area contributed by atoms with Crippen LogP contribution in [0.4, 0.5) is 10.1 Å². The van der Waals surface area contributed by atoms with Gasteiger partial charge in [-0.3, -0.25) is 4.79 Å². The normalized spacial score (nSPS) is 13.8. The van der Waals surface area contributed by atoms with E-state index in [9.17, 15) is 9.18 Å². The molecule has 0 bridgehead atoms. The number of amides is 1. The van der Waals surface area contributed by atoms with E-state index in [0.717, 1.165) is 24.1 Å². The van der Waals surface area contributed by atoms with Crippen LogP contribution in [0.1, 0.15) is 24.0 Å². The molecule has 0 spiro atoms. The van der Waals surface area contributed by atoms with Crippen molar-refractivity contribution >= 4 is 23.2 Å². The van der Waals surface area contributed by atoms with Crippen LogP contribution >= 0.6 is 11.6 Å². The standard InChI is InChI=1S/C18H18ClFN2O/c19-16-5-2-6-17(20)15(16)11-21-10-12-3-1-4-14(9-12)22-18(23)13-7-8-13/h1-6,9,13,21H,7-8,10-11H2,(H,22,23). The van der Waals surface area contributed by atoms with Gasteiger partial charge in [-0.25, -0.2) is 4.39 Å². The number of carbonyl (C=O) groups is 1. The van der Waals surface area contributed by atoms with Crippen molar-refractivity contribution in [1.82, 2.24) is 5.32 Å². The average Bonchev–Trinajstić information content (AvgIpc) is 3.35. The van der Waals surface area contributed by atoms with Gasteiger partial charge in [0.1, 0.15) is 5.82 Å². The van der Waals surface area contributed by atoms with E-state index in [1.54, 1.807) is 12.1 Å². The van der Waals surface area contributed by atoms with E-state index in [4.69, 9.17) is 11.6 Å². The first kappa shape index (κ1) is 16.0. The van der Waals surface area contributed by atoms with Crippen LogP contribution in [0, 0.1) is 11.7 Å². The summed E-state index contributed by atoms with van der Waals surface area (Å²) in [5.74, 6) is -0.0383. The predicted molar refractivity (Wildman–Crippen MR) is 89.7 cm³/mol. The Morgan fingerprint density at radius 2 is 1.96 bits per heavy atom. The van der Waals surface area contributed by atoms with Crippen molar-refractivity contribution in [3.05, 3.63) is 64.4 Å². The van der Waals surface area contributed by atoms with Gasteiger partial charge in [-0.05, 0) is 42.7 Å². The largest absolute Gasteiger partial charge is 0.326 e. The Hall–Kier alpha value is -1.91. The summed E-state index contributed by atoms with van der Waals surface area (Å²) in [6.07, 6.45) is 1.97. The van der Waals surface area contributed by atoms with Gasteiger partial charge in [0.25, 0.3) is 0 Å². The Labute approximate surface area is 139 Å². The van der Waals surface area contributed by atoms with E-state index in [1.807, 2.05) is 24.3 Å². The van der Waals surface area contributed by atoms with Gasteiger partial charge in [-0.2, -0.15) is 0 Å². The number of carbonyl (C=O) groups excluding carboxylic acids is 1. The highest BCUT2D eigenvalue weighted by atomic mass is 35.5. The molecule has 1 aliphatic rings. The third kappa shape index (κ3) is 4.30. The van der Waals surface area contributed by atoms with Crippen LogP contribution in [-0.4, -0.2) is 5.91 Å². The number of benzene rings is 2. The number of halogens is 2. The lowest BCUT2D eigenvalue weighted by Crippen LogP contribution is -2.15. The number of hydrogen-bond donors (Lipinski definition) is 2. The molecule has 2 aromatic rings. The van der Waals surface area contributed by atoms with Gasteiger partial charge in [0.05, 0.1) is 0 Å². The highest BCUT2D eigenvalue weighted by Crippen LogP contribution is 2.30. The molecule has 5 heteroatoms. The van der Waals surface area contributed by atoms with Crippen LogP contribution in [0.15, 0.2) is 42.5 Å². The Morgan fingerprint density at radius 3 is 2.70 bits per heavy atom. The highest BCUT2D eigenvalue weighted by Gasteiger charge is 2.29. The van der Waals surface area contributed by atoms with Gasteiger partial charge in [-0.15, -0.1) is 0 Å². The van der Waals surface area contributed by atoms with E-state index in [2.05, 4.69) is 10.6 Å². The summed E-state index contributed by atoms with van der Waals surface area (Å²) in [5, 5.41) is 6.52. The lowest BCUT2D eigenvalue weighted by Gasteiger charge is -2.10. The molecule has 0 aromatic heterocycles. The highest BCUT2D eigenvalue weighted by molar-refractivity contribution is 6.31.